The van der Waals surface area contributed by atoms with Gasteiger partial charge in [-0.1, -0.05) is 18.2 Å². The minimum Gasteiger partial charge on any atom is -0.476 e. The van der Waals surface area contributed by atoms with Gasteiger partial charge in [-0.2, -0.15) is 4.98 Å². The van der Waals surface area contributed by atoms with E-state index in [1.807, 2.05) is 12.3 Å². The van der Waals surface area contributed by atoms with Gasteiger partial charge in [0.25, 0.3) is 0 Å². The predicted octanol–water partition coefficient (Wildman–Crippen LogP) is 1.72. The average Bonchev–Trinajstić information content (AvgIpc) is 2.38. The summed E-state index contributed by atoms with van der Waals surface area (Å²) < 4.78 is 5.66. The molecule has 1 aromatic rings. The lowest BCUT2D eigenvalue weighted by atomic mass is 10.1. The molecular formula is C11H17N3OS. The van der Waals surface area contributed by atoms with Crippen LogP contribution in [-0.4, -0.2) is 35.4 Å². The Morgan fingerprint density at radius 3 is 3.25 bits per heavy atom. The molecule has 1 fully saturated rings. The number of piperidine rings is 1. The molecule has 0 spiro atoms. The Morgan fingerprint density at radius 1 is 1.56 bits per heavy atom. The van der Waals surface area contributed by atoms with Gasteiger partial charge in [0.1, 0.15) is 6.61 Å². The fourth-order valence-electron chi connectivity index (χ4n) is 1.76. The molecule has 0 amide bonds. The molecule has 1 aliphatic heterocycles. The Labute approximate surface area is 100 Å². The molecule has 1 saturated heterocycles. The summed E-state index contributed by atoms with van der Waals surface area (Å²) in [5.74, 6) is 0.673. The molecule has 2 heterocycles. The Morgan fingerprint density at radius 2 is 2.50 bits per heavy atom. The Hall–Kier alpha value is -0.810. The first kappa shape index (κ1) is 11.7. The van der Waals surface area contributed by atoms with E-state index in [9.17, 15) is 0 Å². The predicted molar refractivity (Wildman–Crippen MR) is 64.9 cm³/mol. The fraction of sp³-hybridized carbons (Fsp3) is 0.636. The molecule has 1 aromatic heterocycles. The summed E-state index contributed by atoms with van der Waals surface area (Å²) in [5, 5.41) is 4.20. The van der Waals surface area contributed by atoms with Gasteiger partial charge in [-0.25, -0.2) is 4.98 Å². The molecule has 5 heteroatoms. The summed E-state index contributed by atoms with van der Waals surface area (Å²) in [4.78, 5) is 8.39. The van der Waals surface area contributed by atoms with E-state index in [0.717, 1.165) is 11.7 Å². The summed E-state index contributed by atoms with van der Waals surface area (Å²) in [6.07, 6.45) is 7.46. The van der Waals surface area contributed by atoms with E-state index >= 15 is 0 Å². The monoisotopic (exact) mass is 239 g/mol. The van der Waals surface area contributed by atoms with Crippen LogP contribution in [-0.2, 0) is 0 Å². The van der Waals surface area contributed by atoms with Crippen LogP contribution in [0.2, 0.25) is 0 Å². The highest BCUT2D eigenvalue weighted by Crippen LogP contribution is 2.14. The Bertz CT molecular complexity index is 329. The maximum atomic E-state index is 5.66. The Kier molecular flexibility index (Phi) is 4.42. The molecule has 0 saturated carbocycles. The van der Waals surface area contributed by atoms with Crippen molar-refractivity contribution < 1.29 is 4.74 Å². The average molecular weight is 239 g/mol. The van der Waals surface area contributed by atoms with Gasteiger partial charge in [0.05, 0.1) is 0 Å². The maximum absolute atomic E-state index is 5.66. The largest absolute Gasteiger partial charge is 0.476 e. The van der Waals surface area contributed by atoms with Crippen LogP contribution in [0.25, 0.3) is 0 Å². The van der Waals surface area contributed by atoms with Gasteiger partial charge in [0.15, 0.2) is 5.16 Å². The first-order valence-electron chi connectivity index (χ1n) is 5.61. The van der Waals surface area contributed by atoms with Gasteiger partial charge in [-0.05, 0) is 25.6 Å². The molecule has 0 aliphatic carbocycles. The molecule has 0 unspecified atom stereocenters. The van der Waals surface area contributed by atoms with Gasteiger partial charge in [0.2, 0.25) is 5.88 Å². The number of ether oxygens (including phenoxy) is 1. The van der Waals surface area contributed by atoms with Gasteiger partial charge in [-0.15, -0.1) is 0 Å². The van der Waals surface area contributed by atoms with Crippen molar-refractivity contribution >= 4 is 11.8 Å². The van der Waals surface area contributed by atoms with Crippen LogP contribution in [0.5, 0.6) is 5.88 Å². The number of nitrogens with zero attached hydrogens (tertiary/aromatic N) is 2. The van der Waals surface area contributed by atoms with Crippen LogP contribution in [0.3, 0.4) is 0 Å². The summed E-state index contributed by atoms with van der Waals surface area (Å²) in [6, 6.07) is 2.28. The second-order valence-electron chi connectivity index (χ2n) is 3.84. The molecule has 16 heavy (non-hydrogen) atoms. The highest BCUT2D eigenvalue weighted by atomic mass is 32.2. The van der Waals surface area contributed by atoms with E-state index in [4.69, 9.17) is 4.74 Å². The van der Waals surface area contributed by atoms with Crippen molar-refractivity contribution in [2.45, 2.75) is 30.5 Å². The molecule has 2 rings (SSSR count). The lowest BCUT2D eigenvalue weighted by molar-refractivity contribution is 0.230. The first-order valence-corrected chi connectivity index (χ1v) is 6.84. The van der Waals surface area contributed by atoms with Crippen LogP contribution >= 0.6 is 11.8 Å². The Balaban J connectivity index is 1.83. The van der Waals surface area contributed by atoms with E-state index in [-0.39, 0.29) is 0 Å². The van der Waals surface area contributed by atoms with E-state index in [0.29, 0.717) is 18.5 Å². The van der Waals surface area contributed by atoms with Gasteiger partial charge in [-0.3, -0.25) is 0 Å². The zero-order chi connectivity index (χ0) is 11.2. The van der Waals surface area contributed by atoms with Crippen LogP contribution in [0.1, 0.15) is 19.3 Å². The van der Waals surface area contributed by atoms with E-state index in [1.54, 1.807) is 6.20 Å². The molecule has 88 valence electrons. The number of aromatic nitrogens is 2. The number of nitrogens with one attached hydrogen (secondary N) is 1. The maximum Gasteiger partial charge on any atom is 0.217 e. The zero-order valence-corrected chi connectivity index (χ0v) is 10.3. The third kappa shape index (κ3) is 3.35. The number of thioether (sulfide) groups is 1. The summed E-state index contributed by atoms with van der Waals surface area (Å²) >= 11 is 1.53. The van der Waals surface area contributed by atoms with Crippen molar-refractivity contribution in [3.8, 4) is 5.88 Å². The van der Waals surface area contributed by atoms with E-state index in [1.165, 1.54) is 31.0 Å². The number of hydrogen-bond donors (Lipinski definition) is 1. The summed E-state index contributed by atoms with van der Waals surface area (Å²) in [7, 11) is 0. The molecule has 0 aromatic carbocycles. The summed E-state index contributed by atoms with van der Waals surface area (Å²) in [6.45, 7) is 1.80. The smallest absolute Gasteiger partial charge is 0.217 e. The van der Waals surface area contributed by atoms with Gasteiger partial charge < -0.3 is 10.1 Å². The molecule has 1 aliphatic rings. The summed E-state index contributed by atoms with van der Waals surface area (Å²) in [5.41, 5.74) is 0. The third-order valence-electron chi connectivity index (χ3n) is 2.64. The van der Waals surface area contributed by atoms with Crippen molar-refractivity contribution in [2.75, 3.05) is 19.4 Å². The van der Waals surface area contributed by atoms with Crippen molar-refractivity contribution in [3.63, 3.8) is 0 Å². The van der Waals surface area contributed by atoms with E-state index < -0.39 is 0 Å². The minimum absolute atomic E-state index is 0.474. The van der Waals surface area contributed by atoms with Crippen molar-refractivity contribution in [3.05, 3.63) is 12.3 Å². The SMILES string of the molecule is CSc1nccc(OC[C@@H]2CCCCN2)n1. The van der Waals surface area contributed by atoms with Gasteiger partial charge in [0, 0.05) is 18.3 Å². The normalized spacial score (nSPS) is 20.7. The molecule has 1 atom stereocenters. The molecule has 0 radical (unpaired) electrons. The minimum atomic E-state index is 0.474. The van der Waals surface area contributed by atoms with Gasteiger partial charge >= 0.3 is 0 Å². The lowest BCUT2D eigenvalue weighted by Crippen LogP contribution is -2.38. The molecular weight excluding hydrogens is 222 g/mol. The quantitative estimate of drug-likeness (QED) is 0.640. The lowest BCUT2D eigenvalue weighted by Gasteiger charge is -2.23. The topological polar surface area (TPSA) is 47.0 Å². The van der Waals surface area contributed by atoms with Crippen molar-refractivity contribution in [1.82, 2.24) is 15.3 Å². The van der Waals surface area contributed by atoms with E-state index in [2.05, 4.69) is 15.3 Å². The van der Waals surface area contributed by atoms with Crippen molar-refractivity contribution in [2.24, 2.45) is 0 Å². The first-order chi connectivity index (χ1) is 7.88. The fourth-order valence-corrected chi connectivity index (χ4v) is 2.10. The second-order valence-corrected chi connectivity index (χ2v) is 4.61. The number of hydrogen-bond acceptors (Lipinski definition) is 5. The van der Waals surface area contributed by atoms with Crippen LogP contribution in [0.4, 0.5) is 0 Å². The van der Waals surface area contributed by atoms with Crippen LogP contribution in [0, 0.1) is 0 Å². The van der Waals surface area contributed by atoms with Crippen molar-refractivity contribution in [1.29, 1.82) is 0 Å². The second kappa shape index (κ2) is 6.06. The zero-order valence-electron chi connectivity index (χ0n) is 9.48. The van der Waals surface area contributed by atoms with Crippen LogP contribution in [0.15, 0.2) is 17.4 Å². The molecule has 1 N–H and O–H groups in total. The molecule has 4 nitrogen and oxygen atoms in total. The molecule has 0 bridgehead atoms. The third-order valence-corrected chi connectivity index (χ3v) is 3.20. The number of rotatable bonds is 4. The highest BCUT2D eigenvalue weighted by molar-refractivity contribution is 7.98. The van der Waals surface area contributed by atoms with Crippen LogP contribution < -0.4 is 10.1 Å². The highest BCUT2D eigenvalue weighted by Gasteiger charge is 2.13. The standard InChI is InChI=1S/C11H17N3OS/c1-16-11-13-7-5-10(14-11)15-8-9-4-2-3-6-12-9/h5,7,9,12H,2-4,6,8H2,1H3/t9-/m0/s1.